The Hall–Kier alpha value is -0.211. The first kappa shape index (κ1) is 10.7. The predicted octanol–water partition coefficient (Wildman–Crippen LogP) is -1.44. The predicted molar refractivity (Wildman–Crippen MR) is 27.0 cm³/mol. The summed E-state index contributed by atoms with van der Waals surface area (Å²) >= 11 is 0. The van der Waals surface area contributed by atoms with Crippen molar-refractivity contribution in [3.63, 3.8) is 0 Å². The first-order chi connectivity index (χ1) is 3.41. The van der Waals surface area contributed by atoms with E-state index in [1.165, 1.54) is 0 Å². The second-order valence-corrected chi connectivity index (χ2v) is 1.20. The average Bonchev–Trinajstić information content (AvgIpc) is 1.69. The maximum absolute atomic E-state index is 8.15. The van der Waals surface area contributed by atoms with E-state index in [4.69, 9.17) is 10.2 Å². The van der Waals surface area contributed by atoms with Crippen LogP contribution in [0.5, 0.6) is 0 Å². The van der Waals surface area contributed by atoms with Crippen molar-refractivity contribution in [3.8, 4) is 0 Å². The molecule has 0 aliphatic rings. The molecule has 0 bridgehead atoms. The minimum atomic E-state index is 0. The molecule has 0 rings (SSSR count). The zero-order valence-electron chi connectivity index (χ0n) is 4.58. The summed E-state index contributed by atoms with van der Waals surface area (Å²) in [5.74, 6) is 0. The molecule has 8 heavy (non-hydrogen) atoms. The van der Waals surface area contributed by atoms with Gasteiger partial charge >= 0.3 is 0 Å². The number of aliphatic hydroxyl groups is 2. The fourth-order valence-electron chi connectivity index (χ4n) is 0.283. The van der Waals surface area contributed by atoms with Gasteiger partial charge in [-0.1, -0.05) is 0 Å². The molecule has 0 spiro atoms. The summed E-state index contributed by atoms with van der Waals surface area (Å²) < 4.78 is 0. The zero-order valence-corrected chi connectivity index (χ0v) is 4.58. The fraction of sp³-hybridized carbons (Fsp3) is 1.00. The normalized spacial score (nSPS) is 8.25. The maximum Gasteiger partial charge on any atom is 0.0555 e. The Morgan fingerprint density at radius 1 is 1.00 bits per heavy atom. The molecule has 0 radical (unpaired) electrons. The van der Waals surface area contributed by atoms with Crippen LogP contribution in [0.3, 0.4) is 0 Å². The second-order valence-electron chi connectivity index (χ2n) is 1.20. The van der Waals surface area contributed by atoms with E-state index in [0.717, 1.165) is 0 Å². The van der Waals surface area contributed by atoms with E-state index < -0.39 is 0 Å². The van der Waals surface area contributed by atoms with Gasteiger partial charge in [0.05, 0.1) is 13.2 Å². The summed E-state index contributed by atoms with van der Waals surface area (Å²) in [6.07, 6.45) is 0. The van der Waals surface area contributed by atoms with Gasteiger partial charge in [-0.15, -0.1) is 0 Å². The van der Waals surface area contributed by atoms with Gasteiger partial charge in [-0.25, -0.2) is 0 Å². The largest absolute Gasteiger partial charge is 0.395 e. The minimum Gasteiger partial charge on any atom is -0.395 e. The molecule has 0 aromatic rings. The third-order valence-electron chi connectivity index (χ3n) is 0.577. The molecule has 0 amide bonds. The Bertz CT molecular complexity index is 33.2. The van der Waals surface area contributed by atoms with Crippen molar-refractivity contribution in [1.82, 2.24) is 5.32 Å². The second kappa shape index (κ2) is 9.92. The van der Waals surface area contributed by atoms with Gasteiger partial charge in [0.2, 0.25) is 0 Å². The van der Waals surface area contributed by atoms with Crippen molar-refractivity contribution in [3.05, 3.63) is 0 Å². The molecular formula is C4H11NNeO2. The number of hydrogen-bond donors (Lipinski definition) is 3. The van der Waals surface area contributed by atoms with Crippen LogP contribution in [0, 0.1) is 6.15 Å². The number of rotatable bonds is 4. The SMILES string of the molecule is OCCNCCO.[Ne]. The van der Waals surface area contributed by atoms with E-state index in [2.05, 4.69) is 5.32 Å². The van der Waals surface area contributed by atoms with Crippen molar-refractivity contribution >= 4 is 0 Å². The monoisotopic (exact) mass is 125 g/mol. The molecular weight excluding hydrogens is 114 g/mol. The molecule has 3 nitrogen and oxygen atoms in total. The molecule has 0 aliphatic heterocycles. The topological polar surface area (TPSA) is 52.5 Å². The quantitative estimate of drug-likeness (QED) is 0.403. The van der Waals surface area contributed by atoms with E-state index in [9.17, 15) is 0 Å². The van der Waals surface area contributed by atoms with Crippen LogP contribution >= 0.6 is 0 Å². The standard InChI is InChI=1S/C4H11NO2.Ne/c6-3-1-5-2-4-7;/h5-7H,1-4H2;. The smallest absolute Gasteiger partial charge is 0.0555 e. The third kappa shape index (κ3) is 9.25. The summed E-state index contributed by atoms with van der Waals surface area (Å²) in [4.78, 5) is 0. The van der Waals surface area contributed by atoms with Gasteiger partial charge in [0.1, 0.15) is 0 Å². The minimum absolute atomic E-state index is 0. The summed E-state index contributed by atoms with van der Waals surface area (Å²) in [7, 11) is 0. The molecule has 0 heterocycles. The van der Waals surface area contributed by atoms with Crippen LogP contribution in [0.25, 0.3) is 0 Å². The van der Waals surface area contributed by atoms with E-state index in [-0.39, 0.29) is 19.4 Å². The number of hydrogen-bond acceptors (Lipinski definition) is 3. The summed E-state index contributed by atoms with van der Waals surface area (Å²) in [6.45, 7) is 1.42. The molecule has 0 aromatic heterocycles. The molecule has 52 valence electrons. The Morgan fingerprint density at radius 2 is 1.38 bits per heavy atom. The van der Waals surface area contributed by atoms with Crippen molar-refractivity contribution < 1.29 is 16.4 Å². The van der Waals surface area contributed by atoms with Crippen molar-refractivity contribution in [2.75, 3.05) is 26.3 Å². The molecule has 4 heteroatoms. The van der Waals surface area contributed by atoms with Gasteiger partial charge in [-0.3, -0.25) is 0 Å². The van der Waals surface area contributed by atoms with E-state index in [1.54, 1.807) is 0 Å². The molecule has 0 atom stereocenters. The zero-order chi connectivity index (χ0) is 5.54. The Morgan fingerprint density at radius 3 is 1.62 bits per heavy atom. The Labute approximate surface area is 49.1 Å². The van der Waals surface area contributed by atoms with Gasteiger partial charge in [0, 0.05) is 19.2 Å². The first-order valence-electron chi connectivity index (χ1n) is 2.34. The van der Waals surface area contributed by atoms with Gasteiger partial charge in [-0.2, -0.15) is 0 Å². The fourth-order valence-corrected chi connectivity index (χ4v) is 0.283. The molecule has 3 N–H and O–H groups in total. The van der Waals surface area contributed by atoms with Gasteiger partial charge in [0.15, 0.2) is 0 Å². The van der Waals surface area contributed by atoms with E-state index in [0.29, 0.717) is 13.1 Å². The first-order valence-corrected chi connectivity index (χ1v) is 2.34. The Balaban J connectivity index is 0. The molecule has 0 aliphatic carbocycles. The van der Waals surface area contributed by atoms with Crippen molar-refractivity contribution in [2.24, 2.45) is 0 Å². The molecule has 0 aromatic carbocycles. The van der Waals surface area contributed by atoms with Crippen LogP contribution in [0.2, 0.25) is 0 Å². The number of aliphatic hydroxyl groups excluding tert-OH is 2. The van der Waals surface area contributed by atoms with E-state index in [1.807, 2.05) is 0 Å². The molecule has 0 unspecified atom stereocenters. The van der Waals surface area contributed by atoms with E-state index >= 15 is 0 Å². The van der Waals surface area contributed by atoms with Crippen molar-refractivity contribution in [2.45, 2.75) is 0 Å². The average molecular weight is 125 g/mol. The molecule has 0 saturated heterocycles. The van der Waals surface area contributed by atoms with Gasteiger partial charge in [-0.05, 0) is 0 Å². The van der Waals surface area contributed by atoms with Crippen LogP contribution < -0.4 is 5.32 Å². The summed E-state index contributed by atoms with van der Waals surface area (Å²) in [5.41, 5.74) is 0. The van der Waals surface area contributed by atoms with Crippen LogP contribution in [0.15, 0.2) is 0 Å². The Kier molecular flexibility index (Phi) is 13.3. The van der Waals surface area contributed by atoms with Crippen LogP contribution in [0.4, 0.5) is 0 Å². The van der Waals surface area contributed by atoms with Gasteiger partial charge in [0.25, 0.3) is 0 Å². The van der Waals surface area contributed by atoms with Crippen LogP contribution in [-0.4, -0.2) is 36.5 Å². The maximum atomic E-state index is 8.15. The van der Waals surface area contributed by atoms with Crippen molar-refractivity contribution in [1.29, 1.82) is 0 Å². The van der Waals surface area contributed by atoms with Crippen LogP contribution in [-0.2, 0) is 0 Å². The summed E-state index contributed by atoms with van der Waals surface area (Å²) in [6, 6.07) is 0. The number of nitrogens with one attached hydrogen (secondary N) is 1. The van der Waals surface area contributed by atoms with Gasteiger partial charge < -0.3 is 15.5 Å². The third-order valence-corrected chi connectivity index (χ3v) is 0.577. The summed E-state index contributed by atoms with van der Waals surface area (Å²) in [5, 5.41) is 19.1. The van der Waals surface area contributed by atoms with Crippen LogP contribution in [0.1, 0.15) is 0 Å². The molecule has 0 saturated carbocycles. The molecule has 0 fully saturated rings.